The van der Waals surface area contributed by atoms with Crippen molar-refractivity contribution in [2.45, 2.75) is 12.8 Å². The lowest BCUT2D eigenvalue weighted by atomic mass is 9.96. The van der Waals surface area contributed by atoms with Gasteiger partial charge in [0.25, 0.3) is 0 Å². The standard InChI is InChI=1S/C14H20ClN3O/c1-16-9-11-4-6-18(7-5-11)14-3-2-12(15)8-13(14)17-10-19/h2-3,8,10-11,16H,4-7,9H2,1H3,(H,17,19). The van der Waals surface area contributed by atoms with Crippen LogP contribution in [0.15, 0.2) is 18.2 Å². The Morgan fingerprint density at radius 3 is 2.79 bits per heavy atom. The number of hydrogen-bond donors (Lipinski definition) is 2. The van der Waals surface area contributed by atoms with Gasteiger partial charge < -0.3 is 15.5 Å². The topological polar surface area (TPSA) is 44.4 Å². The molecule has 0 spiro atoms. The SMILES string of the molecule is CNCC1CCN(c2ccc(Cl)cc2NC=O)CC1. The number of hydrogen-bond acceptors (Lipinski definition) is 3. The number of carbonyl (C=O) groups is 1. The Bertz CT molecular complexity index is 431. The molecule has 0 radical (unpaired) electrons. The van der Waals surface area contributed by atoms with Gasteiger partial charge in [0.15, 0.2) is 0 Å². The average molecular weight is 282 g/mol. The van der Waals surface area contributed by atoms with Crippen LogP contribution in [0.1, 0.15) is 12.8 Å². The highest BCUT2D eigenvalue weighted by molar-refractivity contribution is 6.31. The molecule has 1 saturated heterocycles. The summed E-state index contributed by atoms with van der Waals surface area (Å²) in [5.41, 5.74) is 1.84. The smallest absolute Gasteiger partial charge is 0.211 e. The van der Waals surface area contributed by atoms with Crippen molar-refractivity contribution < 1.29 is 4.79 Å². The lowest BCUT2D eigenvalue weighted by Gasteiger charge is -2.34. The predicted octanol–water partition coefficient (Wildman–Crippen LogP) is 2.34. The monoisotopic (exact) mass is 281 g/mol. The lowest BCUT2D eigenvalue weighted by molar-refractivity contribution is -0.105. The largest absolute Gasteiger partial charge is 0.370 e. The second-order valence-electron chi connectivity index (χ2n) is 4.91. The van der Waals surface area contributed by atoms with Crippen molar-refractivity contribution in [3.8, 4) is 0 Å². The van der Waals surface area contributed by atoms with E-state index >= 15 is 0 Å². The van der Waals surface area contributed by atoms with Crippen molar-refractivity contribution in [3.63, 3.8) is 0 Å². The van der Waals surface area contributed by atoms with Gasteiger partial charge in [0.2, 0.25) is 6.41 Å². The van der Waals surface area contributed by atoms with Gasteiger partial charge in [-0.3, -0.25) is 4.79 Å². The molecule has 4 nitrogen and oxygen atoms in total. The minimum atomic E-state index is 0.637. The predicted molar refractivity (Wildman–Crippen MR) is 80.0 cm³/mol. The second-order valence-corrected chi connectivity index (χ2v) is 5.35. The number of nitrogens with one attached hydrogen (secondary N) is 2. The minimum Gasteiger partial charge on any atom is -0.370 e. The molecule has 104 valence electrons. The Hall–Kier alpha value is -1.26. The number of amides is 1. The summed E-state index contributed by atoms with van der Waals surface area (Å²) in [6, 6.07) is 5.64. The number of piperidine rings is 1. The zero-order chi connectivity index (χ0) is 13.7. The van der Waals surface area contributed by atoms with Gasteiger partial charge in [0.05, 0.1) is 11.4 Å². The lowest BCUT2D eigenvalue weighted by Crippen LogP contribution is -2.37. The van der Waals surface area contributed by atoms with Crippen molar-refractivity contribution in [1.29, 1.82) is 0 Å². The summed E-state index contributed by atoms with van der Waals surface area (Å²) >= 11 is 5.97. The third-order valence-corrected chi connectivity index (χ3v) is 3.86. The fraction of sp³-hybridized carbons (Fsp3) is 0.500. The molecular weight excluding hydrogens is 262 g/mol. The van der Waals surface area contributed by atoms with Crippen LogP contribution in [0.5, 0.6) is 0 Å². The van der Waals surface area contributed by atoms with Crippen molar-refractivity contribution in [2.24, 2.45) is 5.92 Å². The number of carbonyl (C=O) groups excluding carboxylic acids is 1. The first-order valence-electron chi connectivity index (χ1n) is 6.64. The van der Waals surface area contributed by atoms with E-state index in [0.717, 1.165) is 36.9 Å². The molecule has 1 amide bonds. The Labute approximate surface area is 119 Å². The molecule has 19 heavy (non-hydrogen) atoms. The van der Waals surface area contributed by atoms with E-state index in [1.54, 1.807) is 6.07 Å². The highest BCUT2D eigenvalue weighted by Crippen LogP contribution is 2.31. The molecule has 0 bridgehead atoms. The average Bonchev–Trinajstić information content (AvgIpc) is 2.41. The van der Waals surface area contributed by atoms with Crippen LogP contribution in [0.25, 0.3) is 0 Å². The summed E-state index contributed by atoms with van der Waals surface area (Å²) < 4.78 is 0. The van der Waals surface area contributed by atoms with Gasteiger partial charge in [-0.1, -0.05) is 11.6 Å². The van der Waals surface area contributed by atoms with Crippen molar-refractivity contribution >= 4 is 29.4 Å². The second kappa shape index (κ2) is 6.78. The van der Waals surface area contributed by atoms with Gasteiger partial charge in [-0.15, -0.1) is 0 Å². The van der Waals surface area contributed by atoms with Crippen LogP contribution in [-0.4, -0.2) is 33.1 Å². The molecule has 2 N–H and O–H groups in total. The summed E-state index contributed by atoms with van der Waals surface area (Å²) in [5.74, 6) is 0.746. The number of nitrogens with zero attached hydrogens (tertiary/aromatic N) is 1. The number of anilines is 2. The summed E-state index contributed by atoms with van der Waals surface area (Å²) in [7, 11) is 2.00. The normalized spacial score (nSPS) is 16.4. The zero-order valence-corrected chi connectivity index (χ0v) is 11.9. The fourth-order valence-electron chi connectivity index (χ4n) is 2.63. The molecule has 5 heteroatoms. The summed E-state index contributed by atoms with van der Waals surface area (Å²) in [6.45, 7) is 3.11. The molecule has 1 heterocycles. The number of benzene rings is 1. The minimum absolute atomic E-state index is 0.637. The van der Waals surface area contributed by atoms with Crippen LogP contribution in [0.2, 0.25) is 5.02 Å². The molecule has 1 aromatic carbocycles. The van der Waals surface area contributed by atoms with Crippen LogP contribution in [0.3, 0.4) is 0 Å². The van der Waals surface area contributed by atoms with Crippen molar-refractivity contribution in [2.75, 3.05) is 36.9 Å². The molecule has 1 aliphatic heterocycles. The van der Waals surface area contributed by atoms with Crippen molar-refractivity contribution in [1.82, 2.24) is 5.32 Å². The maximum Gasteiger partial charge on any atom is 0.211 e. The zero-order valence-electron chi connectivity index (χ0n) is 11.2. The van der Waals surface area contributed by atoms with E-state index in [4.69, 9.17) is 11.6 Å². The van der Waals surface area contributed by atoms with Gasteiger partial charge >= 0.3 is 0 Å². The van der Waals surface area contributed by atoms with Crippen LogP contribution in [0.4, 0.5) is 11.4 Å². The highest BCUT2D eigenvalue weighted by atomic mass is 35.5. The maximum absolute atomic E-state index is 10.7. The first kappa shape index (κ1) is 14.2. The van der Waals surface area contributed by atoms with Crippen LogP contribution in [-0.2, 0) is 4.79 Å². The van der Waals surface area contributed by atoms with Gasteiger partial charge in [-0.05, 0) is 50.6 Å². The number of halogens is 1. The van der Waals surface area contributed by atoms with E-state index in [-0.39, 0.29) is 0 Å². The summed E-state index contributed by atoms with van der Waals surface area (Å²) in [5, 5.41) is 6.61. The van der Waals surface area contributed by atoms with E-state index in [1.165, 1.54) is 12.8 Å². The fourth-order valence-corrected chi connectivity index (χ4v) is 2.80. The van der Waals surface area contributed by atoms with Crippen LogP contribution in [0, 0.1) is 5.92 Å². The van der Waals surface area contributed by atoms with Crippen LogP contribution < -0.4 is 15.5 Å². The van der Waals surface area contributed by atoms with Gasteiger partial charge in [0.1, 0.15) is 0 Å². The van der Waals surface area contributed by atoms with Gasteiger partial charge in [-0.2, -0.15) is 0 Å². The summed E-state index contributed by atoms with van der Waals surface area (Å²) in [4.78, 5) is 13.0. The molecule has 1 fully saturated rings. The third kappa shape index (κ3) is 3.61. The van der Waals surface area contributed by atoms with E-state index in [2.05, 4.69) is 15.5 Å². The van der Waals surface area contributed by atoms with Crippen LogP contribution >= 0.6 is 11.6 Å². The molecule has 0 atom stereocenters. The molecule has 1 aromatic rings. The Balaban J connectivity index is 2.08. The quantitative estimate of drug-likeness (QED) is 0.815. The van der Waals surface area contributed by atoms with E-state index in [0.29, 0.717) is 11.4 Å². The Morgan fingerprint density at radius 2 is 2.16 bits per heavy atom. The third-order valence-electron chi connectivity index (χ3n) is 3.62. The van der Waals surface area contributed by atoms with Gasteiger partial charge in [0, 0.05) is 18.1 Å². The molecule has 0 aromatic heterocycles. The van der Waals surface area contributed by atoms with Crippen molar-refractivity contribution in [3.05, 3.63) is 23.2 Å². The summed E-state index contributed by atoms with van der Waals surface area (Å²) in [6.07, 6.45) is 3.04. The highest BCUT2D eigenvalue weighted by Gasteiger charge is 2.20. The molecular formula is C14H20ClN3O. The molecule has 1 aliphatic rings. The first-order chi connectivity index (χ1) is 9.24. The van der Waals surface area contributed by atoms with E-state index in [9.17, 15) is 4.79 Å². The number of rotatable bonds is 5. The molecule has 0 unspecified atom stereocenters. The van der Waals surface area contributed by atoms with Gasteiger partial charge in [-0.25, -0.2) is 0 Å². The molecule has 2 rings (SSSR count). The van der Waals surface area contributed by atoms with E-state index in [1.807, 2.05) is 19.2 Å². The molecule has 0 saturated carbocycles. The first-order valence-corrected chi connectivity index (χ1v) is 7.01. The maximum atomic E-state index is 10.7. The van der Waals surface area contributed by atoms with E-state index < -0.39 is 0 Å². The Kier molecular flexibility index (Phi) is 5.05. The molecule has 0 aliphatic carbocycles. The Morgan fingerprint density at radius 1 is 1.42 bits per heavy atom.